The molecule has 0 fully saturated rings. The highest BCUT2D eigenvalue weighted by Crippen LogP contribution is 2.16. The van der Waals surface area contributed by atoms with Crippen LogP contribution in [0.1, 0.15) is 19.7 Å². The van der Waals surface area contributed by atoms with Crippen LogP contribution in [-0.4, -0.2) is 39.6 Å². The topological polar surface area (TPSA) is 107 Å². The summed E-state index contributed by atoms with van der Waals surface area (Å²) in [5.41, 5.74) is 6.99. The minimum Gasteiger partial charge on any atom is -0.385 e. The van der Waals surface area contributed by atoms with Gasteiger partial charge in [-0.25, -0.2) is 9.92 Å². The lowest BCUT2D eigenvalue weighted by atomic mass is 10.3. The van der Waals surface area contributed by atoms with E-state index in [0.717, 1.165) is 11.0 Å². The first kappa shape index (κ1) is 15.9. The maximum atomic E-state index is 9.86. The van der Waals surface area contributed by atoms with Crippen LogP contribution in [-0.2, 0) is 16.2 Å². The summed E-state index contributed by atoms with van der Waals surface area (Å²) >= 11 is 0. The number of amidine groups is 1. The number of aliphatic hydroxyl groups is 1. The van der Waals surface area contributed by atoms with Crippen LogP contribution in [0.4, 0.5) is 0 Å². The third kappa shape index (κ3) is 4.03. The summed E-state index contributed by atoms with van der Waals surface area (Å²) in [5, 5.41) is 17.1. The van der Waals surface area contributed by atoms with Crippen molar-refractivity contribution in [2.24, 2.45) is 16.0 Å². The van der Waals surface area contributed by atoms with Gasteiger partial charge in [0.15, 0.2) is 12.1 Å². The minimum atomic E-state index is -0.931. The van der Waals surface area contributed by atoms with E-state index in [1.165, 1.54) is 6.21 Å². The van der Waals surface area contributed by atoms with Crippen LogP contribution >= 0.6 is 0 Å². The number of hydrogen-bond donors (Lipinski definition) is 2. The van der Waals surface area contributed by atoms with E-state index >= 15 is 0 Å². The minimum absolute atomic E-state index is 0.231. The van der Waals surface area contributed by atoms with Gasteiger partial charge in [-0.15, -0.1) is 0 Å². The molecule has 1 aromatic carbocycles. The number of hydrogen-bond acceptors (Lipinski definition) is 6. The monoisotopic (exact) mass is 305 g/mol. The first-order valence-corrected chi connectivity index (χ1v) is 6.86. The van der Waals surface area contributed by atoms with Gasteiger partial charge in [-0.1, -0.05) is 17.3 Å². The predicted octanol–water partition coefficient (Wildman–Crippen LogP) is 1.03. The molecule has 1 atom stereocenters. The van der Waals surface area contributed by atoms with Gasteiger partial charge in [-0.05, 0) is 31.1 Å². The average Bonchev–Trinajstić information content (AvgIpc) is 2.82. The second-order valence-corrected chi connectivity index (χ2v) is 4.53. The van der Waals surface area contributed by atoms with Crippen LogP contribution in [0.15, 0.2) is 34.6 Å². The molecule has 0 aliphatic heterocycles. The zero-order valence-electron chi connectivity index (χ0n) is 12.5. The van der Waals surface area contributed by atoms with E-state index in [4.69, 9.17) is 10.5 Å². The summed E-state index contributed by atoms with van der Waals surface area (Å²) in [4.78, 5) is 9.12. The maximum Gasteiger partial charge on any atom is 0.172 e. The number of oxime groups is 2. The largest absolute Gasteiger partial charge is 0.385 e. The summed E-state index contributed by atoms with van der Waals surface area (Å²) < 4.78 is 6.96. The molecule has 0 spiro atoms. The van der Waals surface area contributed by atoms with Gasteiger partial charge in [-0.3, -0.25) is 0 Å². The highest BCUT2D eigenvalue weighted by atomic mass is 16.8. The number of nitrogens with zero attached hydrogens (tertiary/aromatic N) is 4. The van der Waals surface area contributed by atoms with E-state index in [-0.39, 0.29) is 12.4 Å². The second kappa shape index (κ2) is 7.53. The third-order valence-electron chi connectivity index (χ3n) is 2.78. The molecule has 3 N–H and O–H groups in total. The number of aliphatic hydroxyl groups excluding tert-OH is 1. The third-order valence-corrected chi connectivity index (χ3v) is 2.78. The molecule has 0 amide bonds. The molecule has 0 saturated carbocycles. The van der Waals surface area contributed by atoms with Crippen molar-refractivity contribution in [2.45, 2.75) is 26.7 Å². The molecule has 0 aliphatic rings. The van der Waals surface area contributed by atoms with Crippen LogP contribution in [0.3, 0.4) is 0 Å². The Morgan fingerprint density at radius 3 is 3.00 bits per heavy atom. The summed E-state index contributed by atoms with van der Waals surface area (Å²) in [6.45, 7) is 4.06. The van der Waals surface area contributed by atoms with E-state index in [9.17, 15) is 5.11 Å². The van der Waals surface area contributed by atoms with Crippen LogP contribution in [0.5, 0.6) is 0 Å². The Labute approximate surface area is 127 Å². The summed E-state index contributed by atoms with van der Waals surface area (Å²) in [5.74, 6) is 0.780. The molecule has 0 aliphatic carbocycles. The lowest BCUT2D eigenvalue weighted by molar-refractivity contribution is -0.103. The molecular weight excluding hydrogens is 286 g/mol. The number of aromatic nitrogens is 2. The highest BCUT2D eigenvalue weighted by molar-refractivity contribution is 5.84. The zero-order chi connectivity index (χ0) is 15.9. The fraction of sp³-hybridized carbons (Fsp3) is 0.357. The quantitative estimate of drug-likeness (QED) is 0.344. The van der Waals surface area contributed by atoms with Crippen molar-refractivity contribution >= 4 is 23.1 Å². The molecule has 2 rings (SSSR count). The van der Waals surface area contributed by atoms with Crippen molar-refractivity contribution in [1.29, 1.82) is 0 Å². The number of benzene rings is 1. The Bertz CT molecular complexity index is 676. The van der Waals surface area contributed by atoms with Crippen molar-refractivity contribution in [2.75, 3.05) is 6.61 Å². The number of para-hydroxylation sites is 2. The average molecular weight is 305 g/mol. The fourth-order valence-electron chi connectivity index (χ4n) is 1.94. The normalized spacial score (nSPS) is 13.9. The van der Waals surface area contributed by atoms with Gasteiger partial charge in [0.1, 0.15) is 12.1 Å². The SMILES string of the molecule is CCOC(O)Cn1c(/C=N/O/N=C(\C)N)nc2ccccc21. The Balaban J connectivity index is 2.29. The van der Waals surface area contributed by atoms with E-state index < -0.39 is 6.29 Å². The van der Waals surface area contributed by atoms with Crippen molar-refractivity contribution in [1.82, 2.24) is 9.55 Å². The van der Waals surface area contributed by atoms with Crippen LogP contribution in [0.25, 0.3) is 11.0 Å². The second-order valence-electron chi connectivity index (χ2n) is 4.53. The van der Waals surface area contributed by atoms with Gasteiger partial charge in [0.05, 0.1) is 17.6 Å². The Morgan fingerprint density at radius 2 is 2.27 bits per heavy atom. The molecule has 1 heterocycles. The van der Waals surface area contributed by atoms with Gasteiger partial charge in [-0.2, -0.15) is 0 Å². The number of nitrogens with two attached hydrogens (primary N) is 1. The molecule has 2 aromatic rings. The molecule has 22 heavy (non-hydrogen) atoms. The molecule has 8 heteroatoms. The van der Waals surface area contributed by atoms with Gasteiger partial charge in [0.25, 0.3) is 0 Å². The van der Waals surface area contributed by atoms with Gasteiger partial charge in [0.2, 0.25) is 0 Å². The van der Waals surface area contributed by atoms with Crippen molar-refractivity contribution in [3.05, 3.63) is 30.1 Å². The van der Waals surface area contributed by atoms with Gasteiger partial charge >= 0.3 is 0 Å². The standard InChI is InChI=1S/C14H19N5O3/c1-3-21-14(20)9-19-12-7-5-4-6-11(12)17-13(19)8-16-22-18-10(2)15/h4-8,14,20H,3,9H2,1-2H3,(H2,15,18)/b16-8+. The van der Waals surface area contributed by atoms with Crippen LogP contribution in [0, 0.1) is 0 Å². The van der Waals surface area contributed by atoms with E-state index in [0.29, 0.717) is 12.4 Å². The fourth-order valence-corrected chi connectivity index (χ4v) is 1.94. The zero-order valence-corrected chi connectivity index (χ0v) is 12.5. The molecule has 0 saturated heterocycles. The molecular formula is C14H19N5O3. The van der Waals surface area contributed by atoms with Gasteiger partial charge < -0.3 is 20.1 Å². The first-order chi connectivity index (χ1) is 10.6. The number of imidazole rings is 1. The lowest BCUT2D eigenvalue weighted by Gasteiger charge is -2.13. The Hall–Kier alpha value is -2.45. The van der Waals surface area contributed by atoms with Crippen molar-refractivity contribution in [3.8, 4) is 0 Å². The summed E-state index contributed by atoms with van der Waals surface area (Å²) in [6.07, 6.45) is 0.477. The molecule has 1 unspecified atom stereocenters. The van der Waals surface area contributed by atoms with E-state index in [2.05, 4.69) is 20.2 Å². The first-order valence-electron chi connectivity index (χ1n) is 6.86. The van der Waals surface area contributed by atoms with E-state index in [1.807, 2.05) is 31.2 Å². The van der Waals surface area contributed by atoms with Crippen molar-refractivity contribution in [3.63, 3.8) is 0 Å². The summed E-state index contributed by atoms with van der Waals surface area (Å²) in [6, 6.07) is 7.56. The van der Waals surface area contributed by atoms with Crippen LogP contribution in [0.2, 0.25) is 0 Å². The predicted molar refractivity (Wildman–Crippen MR) is 83.3 cm³/mol. The lowest BCUT2D eigenvalue weighted by Crippen LogP contribution is -2.20. The Morgan fingerprint density at radius 1 is 1.50 bits per heavy atom. The molecule has 0 radical (unpaired) electrons. The summed E-state index contributed by atoms with van der Waals surface area (Å²) in [7, 11) is 0. The van der Waals surface area contributed by atoms with Crippen molar-refractivity contribution < 1.29 is 14.8 Å². The van der Waals surface area contributed by atoms with Crippen LogP contribution < -0.4 is 5.73 Å². The smallest absolute Gasteiger partial charge is 0.172 e. The van der Waals surface area contributed by atoms with E-state index in [1.54, 1.807) is 11.5 Å². The number of ether oxygens (including phenoxy) is 1. The number of fused-ring (bicyclic) bond motifs is 1. The number of rotatable bonds is 7. The molecule has 1 aromatic heterocycles. The Kier molecular flexibility index (Phi) is 5.45. The highest BCUT2D eigenvalue weighted by Gasteiger charge is 2.13. The van der Waals surface area contributed by atoms with Gasteiger partial charge in [0, 0.05) is 6.61 Å². The maximum absolute atomic E-state index is 9.86. The molecule has 118 valence electrons. The molecule has 8 nitrogen and oxygen atoms in total. The molecule has 0 bridgehead atoms.